The summed E-state index contributed by atoms with van der Waals surface area (Å²) < 4.78 is 5.79. The lowest BCUT2D eigenvalue weighted by Gasteiger charge is -2.51. The van der Waals surface area contributed by atoms with Crippen molar-refractivity contribution in [1.82, 2.24) is 0 Å². The van der Waals surface area contributed by atoms with Crippen molar-refractivity contribution in [1.29, 1.82) is 0 Å². The molecule has 0 unspecified atom stereocenters. The topological polar surface area (TPSA) is 29.5 Å². The van der Waals surface area contributed by atoms with Gasteiger partial charge >= 0.3 is 0 Å². The third-order valence-corrected chi connectivity index (χ3v) is 6.62. The van der Waals surface area contributed by atoms with Crippen molar-refractivity contribution in [3.8, 4) is 0 Å². The molecule has 1 aliphatic carbocycles. The van der Waals surface area contributed by atoms with Crippen LogP contribution >= 0.6 is 0 Å². The van der Waals surface area contributed by atoms with Crippen molar-refractivity contribution in [3.63, 3.8) is 0 Å². The molecule has 0 spiro atoms. The molecule has 0 radical (unpaired) electrons. The zero-order valence-electron chi connectivity index (χ0n) is 13.6. The van der Waals surface area contributed by atoms with E-state index in [1.165, 1.54) is 29.2 Å². The number of ether oxygens (including phenoxy) is 1. The molecule has 0 amide bonds. The summed E-state index contributed by atoms with van der Waals surface area (Å²) in [6, 6.07) is 7.68. The number of aliphatic hydroxyl groups is 1. The monoisotopic (exact) mass is 304 g/mol. The summed E-state index contributed by atoms with van der Waals surface area (Å²) in [5.74, 6) is 0.346. The second-order valence-electron chi connectivity index (χ2n) is 7.99. The standard InChI is InChI=1S/C18H28O2Si/c1-21(2,3)13-16-15-9-7-8-14-12-20-11-6-4-5-10-18(16,19)17(14)15/h7-9,16,19H,4-6,10-13H2,1-3H3/t16-,18+/m0/s1. The Balaban J connectivity index is 1.98. The van der Waals surface area contributed by atoms with Crippen LogP contribution in [0.1, 0.15) is 48.3 Å². The lowest BCUT2D eigenvalue weighted by molar-refractivity contribution is -0.0308. The fourth-order valence-electron chi connectivity index (χ4n) is 4.06. The Morgan fingerprint density at radius 1 is 1.24 bits per heavy atom. The van der Waals surface area contributed by atoms with Gasteiger partial charge < -0.3 is 9.84 Å². The Hall–Kier alpha value is -0.643. The van der Waals surface area contributed by atoms with E-state index in [9.17, 15) is 5.11 Å². The van der Waals surface area contributed by atoms with E-state index in [2.05, 4.69) is 37.8 Å². The SMILES string of the molecule is C[Si](C)(C)C[C@H]1c2cccc3c2[C@@]1(O)CCCCCOC3. The number of rotatable bonds is 2. The van der Waals surface area contributed by atoms with Gasteiger partial charge in [-0.25, -0.2) is 0 Å². The van der Waals surface area contributed by atoms with Crippen molar-refractivity contribution >= 4 is 8.07 Å². The van der Waals surface area contributed by atoms with Crippen molar-refractivity contribution in [2.75, 3.05) is 6.61 Å². The average molecular weight is 305 g/mol. The van der Waals surface area contributed by atoms with Gasteiger partial charge in [-0.15, -0.1) is 0 Å². The van der Waals surface area contributed by atoms with Gasteiger partial charge in [-0.3, -0.25) is 0 Å². The van der Waals surface area contributed by atoms with Crippen LogP contribution in [0.4, 0.5) is 0 Å². The van der Waals surface area contributed by atoms with Gasteiger partial charge in [-0.05, 0) is 35.6 Å². The third-order valence-electron chi connectivity index (χ3n) is 4.99. The predicted molar refractivity (Wildman–Crippen MR) is 89.4 cm³/mol. The Morgan fingerprint density at radius 3 is 2.81 bits per heavy atom. The number of benzene rings is 1. The molecule has 1 aromatic rings. The average Bonchev–Trinajstić information content (AvgIpc) is 2.42. The molecule has 1 aliphatic heterocycles. The summed E-state index contributed by atoms with van der Waals surface area (Å²) in [6.07, 6.45) is 4.31. The second-order valence-corrected chi connectivity index (χ2v) is 13.5. The quantitative estimate of drug-likeness (QED) is 0.821. The molecule has 2 atom stereocenters. The van der Waals surface area contributed by atoms with E-state index in [0.29, 0.717) is 12.5 Å². The highest BCUT2D eigenvalue weighted by atomic mass is 28.3. The maximum Gasteiger partial charge on any atom is 0.0968 e. The molecule has 2 aliphatic rings. The van der Waals surface area contributed by atoms with Gasteiger partial charge in [-0.2, -0.15) is 0 Å². The molecular weight excluding hydrogens is 276 g/mol. The Kier molecular flexibility index (Phi) is 4.02. The first-order valence-corrected chi connectivity index (χ1v) is 12.0. The van der Waals surface area contributed by atoms with Crippen LogP contribution in [-0.2, 0) is 16.9 Å². The first-order valence-electron chi connectivity index (χ1n) is 8.34. The van der Waals surface area contributed by atoms with Gasteiger partial charge in [0.1, 0.15) is 0 Å². The van der Waals surface area contributed by atoms with Crippen LogP contribution in [-0.4, -0.2) is 19.8 Å². The molecule has 0 saturated carbocycles. The summed E-state index contributed by atoms with van der Waals surface area (Å²) in [4.78, 5) is 0. The molecule has 0 aromatic heterocycles. The van der Waals surface area contributed by atoms with Gasteiger partial charge in [0, 0.05) is 20.6 Å². The fraction of sp³-hybridized carbons (Fsp3) is 0.667. The lowest BCUT2D eigenvalue weighted by atomic mass is 9.61. The normalized spacial score (nSPS) is 29.4. The Labute approximate surface area is 129 Å². The highest BCUT2D eigenvalue weighted by Crippen LogP contribution is 2.57. The van der Waals surface area contributed by atoms with Gasteiger partial charge in [0.2, 0.25) is 0 Å². The molecule has 2 nitrogen and oxygen atoms in total. The first-order chi connectivity index (χ1) is 9.92. The molecule has 3 rings (SSSR count). The van der Waals surface area contributed by atoms with Crippen molar-refractivity contribution in [3.05, 3.63) is 34.9 Å². The molecule has 21 heavy (non-hydrogen) atoms. The summed E-state index contributed by atoms with van der Waals surface area (Å²) in [5.41, 5.74) is 3.22. The smallest absolute Gasteiger partial charge is 0.0968 e. The van der Waals surface area contributed by atoms with E-state index in [4.69, 9.17) is 4.74 Å². The van der Waals surface area contributed by atoms with E-state index in [-0.39, 0.29) is 0 Å². The second kappa shape index (κ2) is 5.53. The first kappa shape index (κ1) is 15.3. The molecule has 1 heterocycles. The van der Waals surface area contributed by atoms with Crippen LogP contribution in [0.5, 0.6) is 0 Å². The molecule has 0 bridgehead atoms. The Morgan fingerprint density at radius 2 is 2.05 bits per heavy atom. The largest absolute Gasteiger partial charge is 0.385 e. The van der Waals surface area contributed by atoms with E-state index in [0.717, 1.165) is 25.9 Å². The molecule has 3 heteroatoms. The summed E-state index contributed by atoms with van der Waals surface area (Å²) in [5, 5.41) is 11.4. The summed E-state index contributed by atoms with van der Waals surface area (Å²) >= 11 is 0. The van der Waals surface area contributed by atoms with E-state index in [1.54, 1.807) is 0 Å². The number of hydrogen-bond acceptors (Lipinski definition) is 2. The lowest BCUT2D eigenvalue weighted by Crippen LogP contribution is -2.47. The van der Waals surface area contributed by atoms with Gasteiger partial charge in [0.15, 0.2) is 0 Å². The fourth-order valence-corrected chi connectivity index (χ4v) is 5.84. The molecule has 116 valence electrons. The zero-order chi connectivity index (χ0) is 15.1. The van der Waals surface area contributed by atoms with Gasteiger partial charge in [0.25, 0.3) is 0 Å². The van der Waals surface area contributed by atoms with Crippen LogP contribution in [0, 0.1) is 0 Å². The zero-order valence-corrected chi connectivity index (χ0v) is 14.6. The molecular formula is C18H28O2Si. The minimum Gasteiger partial charge on any atom is -0.385 e. The molecule has 0 saturated heterocycles. The van der Waals surface area contributed by atoms with Crippen molar-refractivity contribution in [2.45, 2.75) is 69.5 Å². The van der Waals surface area contributed by atoms with E-state index >= 15 is 0 Å². The van der Waals surface area contributed by atoms with Gasteiger partial charge in [-0.1, -0.05) is 50.7 Å². The van der Waals surface area contributed by atoms with E-state index in [1.807, 2.05) is 0 Å². The molecule has 1 aromatic carbocycles. The van der Waals surface area contributed by atoms with Crippen LogP contribution < -0.4 is 0 Å². The minimum absolute atomic E-state index is 0.346. The van der Waals surface area contributed by atoms with Crippen LogP contribution in [0.2, 0.25) is 25.7 Å². The van der Waals surface area contributed by atoms with Crippen molar-refractivity contribution in [2.24, 2.45) is 0 Å². The summed E-state index contributed by atoms with van der Waals surface area (Å²) in [6.45, 7) is 8.72. The summed E-state index contributed by atoms with van der Waals surface area (Å²) in [7, 11) is -1.20. The van der Waals surface area contributed by atoms with Crippen LogP contribution in [0.15, 0.2) is 18.2 Å². The Bertz CT molecular complexity index is 520. The van der Waals surface area contributed by atoms with Crippen LogP contribution in [0.3, 0.4) is 0 Å². The molecule has 0 fully saturated rings. The van der Waals surface area contributed by atoms with Crippen molar-refractivity contribution < 1.29 is 9.84 Å². The maximum atomic E-state index is 11.4. The van der Waals surface area contributed by atoms with Crippen LogP contribution in [0.25, 0.3) is 0 Å². The number of hydrogen-bond donors (Lipinski definition) is 1. The van der Waals surface area contributed by atoms with E-state index < -0.39 is 13.7 Å². The highest BCUT2D eigenvalue weighted by molar-refractivity contribution is 6.76. The minimum atomic E-state index is -1.20. The highest BCUT2D eigenvalue weighted by Gasteiger charge is 2.52. The maximum absolute atomic E-state index is 11.4. The third kappa shape index (κ3) is 2.83. The van der Waals surface area contributed by atoms with Gasteiger partial charge in [0.05, 0.1) is 12.2 Å². The predicted octanol–water partition coefficient (Wildman–Crippen LogP) is 4.40. The molecule has 1 N–H and O–H groups in total.